The highest BCUT2D eigenvalue weighted by molar-refractivity contribution is 6.36. The Morgan fingerprint density at radius 3 is 2.56 bits per heavy atom. The molecule has 2 saturated heterocycles. The van der Waals surface area contributed by atoms with Gasteiger partial charge in [0.1, 0.15) is 17.4 Å². The van der Waals surface area contributed by atoms with Crippen molar-refractivity contribution in [2.75, 3.05) is 37.7 Å². The van der Waals surface area contributed by atoms with Gasteiger partial charge in [0.2, 0.25) is 0 Å². The molecule has 2 aliphatic rings. The zero-order chi connectivity index (χ0) is 28.9. The number of nitrogens with one attached hydrogen (secondary N) is 2. The third-order valence-corrected chi connectivity index (χ3v) is 7.20. The third-order valence-electron chi connectivity index (χ3n) is 6.69. The molecule has 4 aromatic rings. The number of nitrogens with zero attached hydrogens (tertiary/aromatic N) is 4. The molecule has 4 heterocycles. The van der Waals surface area contributed by atoms with Crippen LogP contribution < -0.4 is 15.5 Å². The molecule has 0 unspecified atom stereocenters. The first kappa shape index (κ1) is 28.6. The number of aromatic nitrogens is 3. The van der Waals surface area contributed by atoms with Crippen molar-refractivity contribution in [2.45, 2.75) is 12.5 Å². The number of phenolic OH excluding ortho intramolecular Hbond substituents is 1. The normalized spacial score (nSPS) is 16.6. The van der Waals surface area contributed by atoms with Crippen LogP contribution in [0.1, 0.15) is 27.3 Å². The van der Waals surface area contributed by atoms with Crippen molar-refractivity contribution in [3.05, 3.63) is 87.9 Å². The van der Waals surface area contributed by atoms with Gasteiger partial charge in [0, 0.05) is 36.6 Å². The number of phenols is 1. The third kappa shape index (κ3) is 6.87. The van der Waals surface area contributed by atoms with Crippen LogP contribution in [0.5, 0.6) is 5.75 Å². The number of fused-ring (bicyclic) bond motifs is 1. The van der Waals surface area contributed by atoms with Crippen LogP contribution in [-0.2, 0) is 4.74 Å². The van der Waals surface area contributed by atoms with Crippen LogP contribution in [-0.4, -0.2) is 70.4 Å². The zero-order valence-corrected chi connectivity index (χ0v) is 23.3. The average Bonchev–Trinajstić information content (AvgIpc) is 3.57. The van der Waals surface area contributed by atoms with Gasteiger partial charge in [-0.05, 0) is 42.8 Å². The number of benzene rings is 2. The predicted molar refractivity (Wildman–Crippen MR) is 152 cm³/mol. The summed E-state index contributed by atoms with van der Waals surface area (Å²) in [7, 11) is 0. The number of imidazole rings is 1. The summed E-state index contributed by atoms with van der Waals surface area (Å²) >= 11 is 11.9. The molecule has 3 N–H and O–H groups in total. The molecule has 0 aliphatic carbocycles. The molecule has 2 fully saturated rings. The Labute approximate surface area is 245 Å². The summed E-state index contributed by atoms with van der Waals surface area (Å²) in [6.45, 7) is 3.03. The Hall–Kier alpha value is -3.93. The van der Waals surface area contributed by atoms with Crippen molar-refractivity contribution in [1.82, 2.24) is 25.2 Å². The monoisotopic (exact) mass is 600 g/mol. The van der Waals surface area contributed by atoms with Crippen molar-refractivity contribution in [1.29, 1.82) is 0 Å². The van der Waals surface area contributed by atoms with Gasteiger partial charge in [-0.1, -0.05) is 41.4 Å². The second-order valence-corrected chi connectivity index (χ2v) is 10.5. The standard InChI is InChI=1S/C22H22Cl2N6O4.C6H5F/c23-13-5-15(20(31)16(24)6-13)21(32)27-14-3-4-29(9-14)19-2-1-18-25-8-17(30(18)28-19)22(33)26-7-12-10-34-11-12;7-6-4-2-1-3-5-6/h1-2,5-6,8,12,14,31H,3-4,7,9-11H2,(H,26,33)(H,27,32);1-5H/t14-;/m0./s1. The molecule has 0 bridgehead atoms. The highest BCUT2D eigenvalue weighted by Crippen LogP contribution is 2.31. The highest BCUT2D eigenvalue weighted by atomic mass is 35.5. The number of rotatable bonds is 6. The Balaban J connectivity index is 0.000000423. The second-order valence-electron chi connectivity index (χ2n) is 9.70. The highest BCUT2D eigenvalue weighted by Gasteiger charge is 2.27. The number of aromatic hydroxyl groups is 1. The Kier molecular flexibility index (Phi) is 8.87. The van der Waals surface area contributed by atoms with Crippen LogP contribution >= 0.6 is 23.2 Å². The SMILES string of the molecule is Fc1ccccc1.O=C(N[C@H]1CCN(c2ccc3ncc(C(=O)NCC4COC4)n3n2)C1)c1cc(Cl)cc(Cl)c1O. The summed E-state index contributed by atoms with van der Waals surface area (Å²) in [6, 6.07) is 14.2. The summed E-state index contributed by atoms with van der Waals surface area (Å²) < 4.78 is 18.6. The lowest BCUT2D eigenvalue weighted by atomic mass is 10.1. The van der Waals surface area contributed by atoms with Crippen LogP contribution in [0.3, 0.4) is 0 Å². The molecule has 2 amide bonds. The van der Waals surface area contributed by atoms with Crippen LogP contribution in [0.4, 0.5) is 10.2 Å². The molecule has 10 nitrogen and oxygen atoms in total. The first-order chi connectivity index (χ1) is 19.8. The van der Waals surface area contributed by atoms with Crippen LogP contribution in [0.25, 0.3) is 5.65 Å². The number of carbonyl (C=O) groups excluding carboxylic acids is 2. The van der Waals surface area contributed by atoms with Crippen molar-refractivity contribution >= 4 is 46.5 Å². The molecule has 0 saturated carbocycles. The van der Waals surface area contributed by atoms with Crippen molar-refractivity contribution < 1.29 is 23.8 Å². The predicted octanol–water partition coefficient (Wildman–Crippen LogP) is 3.95. The maximum absolute atomic E-state index is 12.7. The van der Waals surface area contributed by atoms with E-state index >= 15 is 0 Å². The molecule has 1 atom stereocenters. The van der Waals surface area contributed by atoms with E-state index in [0.717, 1.165) is 0 Å². The second kappa shape index (κ2) is 12.7. The smallest absolute Gasteiger partial charge is 0.271 e. The fraction of sp³-hybridized carbons (Fsp3) is 0.286. The number of halogens is 3. The van der Waals surface area contributed by atoms with Crippen molar-refractivity contribution in [3.63, 3.8) is 0 Å². The van der Waals surface area contributed by atoms with E-state index < -0.39 is 5.91 Å². The number of amides is 2. The lowest BCUT2D eigenvalue weighted by Crippen LogP contribution is -2.39. The minimum absolute atomic E-state index is 0.0180. The number of hydrogen-bond donors (Lipinski definition) is 3. The maximum Gasteiger partial charge on any atom is 0.271 e. The molecule has 2 aliphatic heterocycles. The molecule has 13 heteroatoms. The van der Waals surface area contributed by atoms with E-state index in [2.05, 4.69) is 20.7 Å². The lowest BCUT2D eigenvalue weighted by molar-refractivity contribution is -0.0299. The summed E-state index contributed by atoms with van der Waals surface area (Å²) in [5.41, 5.74) is 0.950. The van der Waals surface area contributed by atoms with E-state index in [-0.39, 0.29) is 39.1 Å². The molecular formula is C28H27Cl2FN6O4. The molecule has 2 aromatic heterocycles. The Bertz CT molecular complexity index is 1550. The molecular weight excluding hydrogens is 574 g/mol. The minimum atomic E-state index is -0.456. The van der Waals surface area contributed by atoms with Crippen LogP contribution in [0.2, 0.25) is 10.0 Å². The number of ether oxygens (including phenoxy) is 1. The van der Waals surface area contributed by atoms with Crippen molar-refractivity contribution in [3.8, 4) is 5.75 Å². The minimum Gasteiger partial charge on any atom is -0.506 e. The first-order valence-electron chi connectivity index (χ1n) is 12.9. The summed E-state index contributed by atoms with van der Waals surface area (Å²) in [4.78, 5) is 31.6. The lowest BCUT2D eigenvalue weighted by Gasteiger charge is -2.25. The Morgan fingerprint density at radius 2 is 1.88 bits per heavy atom. The zero-order valence-electron chi connectivity index (χ0n) is 21.8. The van der Waals surface area contributed by atoms with Gasteiger partial charge in [0.25, 0.3) is 11.8 Å². The molecule has 0 spiro atoms. The number of hydrogen-bond acceptors (Lipinski definition) is 7. The largest absolute Gasteiger partial charge is 0.506 e. The quantitative estimate of drug-likeness (QED) is 0.306. The van der Waals surface area contributed by atoms with Gasteiger partial charge in [-0.25, -0.2) is 13.9 Å². The van der Waals surface area contributed by atoms with E-state index in [1.165, 1.54) is 35.0 Å². The molecule has 0 radical (unpaired) electrons. The van der Waals surface area contributed by atoms with Gasteiger partial charge >= 0.3 is 0 Å². The summed E-state index contributed by atoms with van der Waals surface area (Å²) in [6.07, 6.45) is 2.19. The molecule has 6 rings (SSSR count). The van der Waals surface area contributed by atoms with E-state index in [9.17, 15) is 19.1 Å². The maximum atomic E-state index is 12.7. The number of anilines is 1. The molecule has 41 heavy (non-hydrogen) atoms. The fourth-order valence-electron chi connectivity index (χ4n) is 4.42. The van der Waals surface area contributed by atoms with Crippen LogP contribution in [0.15, 0.2) is 60.8 Å². The van der Waals surface area contributed by atoms with E-state index in [0.29, 0.717) is 62.3 Å². The fourth-order valence-corrected chi connectivity index (χ4v) is 4.91. The first-order valence-corrected chi connectivity index (χ1v) is 13.7. The van der Waals surface area contributed by atoms with Gasteiger partial charge in [-0.15, -0.1) is 5.10 Å². The average molecular weight is 601 g/mol. The molecule has 2 aromatic carbocycles. The van der Waals surface area contributed by atoms with Gasteiger partial charge in [-0.3, -0.25) is 9.59 Å². The van der Waals surface area contributed by atoms with Gasteiger partial charge < -0.3 is 25.4 Å². The summed E-state index contributed by atoms with van der Waals surface area (Å²) in [5, 5.41) is 20.8. The van der Waals surface area contributed by atoms with Crippen molar-refractivity contribution in [2.24, 2.45) is 5.92 Å². The summed E-state index contributed by atoms with van der Waals surface area (Å²) in [5.74, 6) is -0.174. The van der Waals surface area contributed by atoms with E-state index in [1.54, 1.807) is 24.3 Å². The van der Waals surface area contributed by atoms with Gasteiger partial charge in [0.05, 0.1) is 30.0 Å². The van der Waals surface area contributed by atoms with Gasteiger partial charge in [-0.2, -0.15) is 0 Å². The van der Waals surface area contributed by atoms with E-state index in [1.807, 2.05) is 11.0 Å². The Morgan fingerprint density at radius 1 is 1.10 bits per heavy atom. The van der Waals surface area contributed by atoms with Gasteiger partial charge in [0.15, 0.2) is 11.3 Å². The number of carbonyl (C=O) groups is 2. The molecule has 214 valence electrons. The topological polar surface area (TPSA) is 121 Å². The van der Waals surface area contributed by atoms with Crippen LogP contribution in [0, 0.1) is 11.7 Å². The van der Waals surface area contributed by atoms with E-state index in [4.69, 9.17) is 27.9 Å².